The number of aromatic nitrogens is 2. The quantitative estimate of drug-likeness (QED) is 0.123. The molecule has 38 heavy (non-hydrogen) atoms. The van der Waals surface area contributed by atoms with Crippen molar-refractivity contribution in [1.82, 2.24) is 9.55 Å². The Bertz CT molecular complexity index is 1160. The van der Waals surface area contributed by atoms with Gasteiger partial charge < -0.3 is 18.6 Å². The first-order valence-electron chi connectivity index (χ1n) is 13.6. The Labute approximate surface area is 241 Å². The lowest BCUT2D eigenvalue weighted by atomic mass is 10.1. The Morgan fingerprint density at radius 1 is 1.16 bits per heavy atom. The van der Waals surface area contributed by atoms with Crippen molar-refractivity contribution in [3.05, 3.63) is 21.8 Å². The Hall–Kier alpha value is -0.186. The fourth-order valence-corrected chi connectivity index (χ4v) is 10.2. The molecule has 0 bridgehead atoms. The molecule has 0 amide bonds. The minimum atomic E-state index is -1.90. The van der Waals surface area contributed by atoms with Crippen LogP contribution in [-0.4, -0.2) is 76.0 Å². The van der Waals surface area contributed by atoms with Gasteiger partial charge in [0.05, 0.1) is 34.9 Å². The first kappa shape index (κ1) is 30.8. The van der Waals surface area contributed by atoms with E-state index in [4.69, 9.17) is 41.8 Å². The van der Waals surface area contributed by atoms with Gasteiger partial charge in [-0.2, -0.15) is 0 Å². The maximum Gasteiger partial charge on any atom is 0.201 e. The van der Waals surface area contributed by atoms with Crippen molar-refractivity contribution in [3.63, 3.8) is 0 Å². The number of aryl methyl sites for hydroxylation is 1. The predicted molar refractivity (Wildman–Crippen MR) is 166 cm³/mol. The zero-order valence-electron chi connectivity index (χ0n) is 24.7. The molecule has 2 fully saturated rings. The molecule has 2 aliphatic heterocycles. The summed E-state index contributed by atoms with van der Waals surface area (Å²) in [6.45, 7) is 24.7. The van der Waals surface area contributed by atoms with Crippen LogP contribution in [0.1, 0.15) is 26.3 Å². The summed E-state index contributed by atoms with van der Waals surface area (Å²) in [4.78, 5) is 4.60. The maximum absolute atomic E-state index is 6.87. The monoisotopic (exact) mass is 618 g/mol. The standard InChI is InChI=1S/C27H45Cl2N2O4PSi2/c1-17-22-19(13-18(28)25(29)30-22)31(16-32-11-12-37(6,7)8)26(17)34-20-14-33-23-21(15-36(5)24(20)23)35-38(9,10)27(2,3)4/h13,20-21,23-24H,11-12,14-16H2,1-10H3/t20-,21-,23-,24?,36?/m1/s1. The van der Waals surface area contributed by atoms with E-state index in [0.717, 1.165) is 34.7 Å². The number of nitrogens with zero attached hydrogens (tertiary/aromatic N) is 2. The molecule has 4 rings (SSSR count). The van der Waals surface area contributed by atoms with Crippen LogP contribution in [0.5, 0.6) is 5.88 Å². The summed E-state index contributed by atoms with van der Waals surface area (Å²) in [6.07, 6.45) is 1.24. The highest BCUT2D eigenvalue weighted by Crippen LogP contribution is 2.55. The second-order valence-electron chi connectivity index (χ2n) is 13.6. The highest BCUT2D eigenvalue weighted by atomic mass is 35.5. The summed E-state index contributed by atoms with van der Waals surface area (Å²) in [5, 5.41) is 0.891. The smallest absolute Gasteiger partial charge is 0.201 e. The topological polar surface area (TPSA) is 54.7 Å². The second-order valence-corrected chi connectivity index (χ2v) is 27.3. The number of pyridine rings is 1. The summed E-state index contributed by atoms with van der Waals surface area (Å²) < 4.78 is 28.4. The summed E-state index contributed by atoms with van der Waals surface area (Å²) in [5.74, 6) is 0.769. The average molecular weight is 620 g/mol. The summed E-state index contributed by atoms with van der Waals surface area (Å²) >= 11 is 12.7. The van der Waals surface area contributed by atoms with Crippen molar-refractivity contribution in [3.8, 4) is 5.88 Å². The Morgan fingerprint density at radius 3 is 2.47 bits per heavy atom. The molecule has 4 heterocycles. The van der Waals surface area contributed by atoms with Gasteiger partial charge in [0.2, 0.25) is 5.88 Å². The molecule has 2 aliphatic rings. The SMILES string of the molecule is Cc1c(O[C@@H]2CO[C@H]3C2P(C)C[C@H]3O[Si](C)(C)C(C)(C)C)n(COCC[Si](C)(C)C)c2cc(Cl)c(Cl)nc12. The molecule has 2 unspecified atom stereocenters. The van der Waals surface area contributed by atoms with E-state index >= 15 is 0 Å². The first-order chi connectivity index (χ1) is 17.5. The molecule has 2 aromatic heterocycles. The minimum absolute atomic E-state index is 0.0428. The van der Waals surface area contributed by atoms with E-state index in [9.17, 15) is 0 Å². The molecular weight excluding hydrogens is 574 g/mol. The summed E-state index contributed by atoms with van der Waals surface area (Å²) in [7, 11) is -3.40. The van der Waals surface area contributed by atoms with Gasteiger partial charge in [-0.3, -0.25) is 4.57 Å². The first-order valence-corrected chi connectivity index (χ1v) is 23.0. The predicted octanol–water partition coefficient (Wildman–Crippen LogP) is 7.99. The van der Waals surface area contributed by atoms with Crippen molar-refractivity contribution in [1.29, 1.82) is 0 Å². The molecule has 5 atom stereocenters. The van der Waals surface area contributed by atoms with Crippen molar-refractivity contribution in [2.75, 3.05) is 26.0 Å². The van der Waals surface area contributed by atoms with Crippen LogP contribution < -0.4 is 4.74 Å². The average Bonchev–Trinajstić information content (AvgIpc) is 3.40. The van der Waals surface area contributed by atoms with Gasteiger partial charge in [-0.25, -0.2) is 4.98 Å². The van der Waals surface area contributed by atoms with Crippen molar-refractivity contribution in [2.24, 2.45) is 0 Å². The molecular formula is C27H45Cl2N2O4PSi2. The Kier molecular flexibility index (Phi) is 9.10. The molecule has 0 radical (unpaired) electrons. The van der Waals surface area contributed by atoms with Crippen LogP contribution >= 0.6 is 31.1 Å². The zero-order chi connectivity index (χ0) is 28.2. The van der Waals surface area contributed by atoms with Gasteiger partial charge >= 0.3 is 0 Å². The van der Waals surface area contributed by atoms with Crippen LogP contribution in [0.25, 0.3) is 11.0 Å². The van der Waals surface area contributed by atoms with E-state index in [2.05, 4.69) is 69.7 Å². The third kappa shape index (κ3) is 6.33. The van der Waals surface area contributed by atoms with E-state index in [0.29, 0.717) is 35.8 Å². The molecule has 2 saturated heterocycles. The van der Waals surface area contributed by atoms with Crippen LogP contribution in [0.2, 0.25) is 54.0 Å². The molecule has 0 aliphatic carbocycles. The van der Waals surface area contributed by atoms with E-state index in [1.807, 2.05) is 13.0 Å². The van der Waals surface area contributed by atoms with Crippen molar-refractivity contribution < 1.29 is 18.6 Å². The lowest BCUT2D eigenvalue weighted by molar-refractivity contribution is 0.0199. The molecule has 6 nitrogen and oxygen atoms in total. The molecule has 0 saturated carbocycles. The number of ether oxygens (including phenoxy) is 3. The Morgan fingerprint density at radius 2 is 1.84 bits per heavy atom. The molecule has 2 aromatic rings. The normalized spacial score (nSPS) is 26.4. The number of rotatable bonds is 9. The van der Waals surface area contributed by atoms with E-state index < -0.39 is 16.4 Å². The van der Waals surface area contributed by atoms with Gasteiger partial charge in [0, 0.05) is 25.9 Å². The van der Waals surface area contributed by atoms with Crippen LogP contribution in [0.15, 0.2) is 6.07 Å². The molecule has 0 spiro atoms. The molecule has 0 N–H and O–H groups in total. The van der Waals surface area contributed by atoms with Gasteiger partial charge in [0.15, 0.2) is 8.32 Å². The van der Waals surface area contributed by atoms with Gasteiger partial charge in [0.25, 0.3) is 0 Å². The highest BCUT2D eigenvalue weighted by Gasteiger charge is 2.54. The lowest BCUT2D eigenvalue weighted by Crippen LogP contribution is -2.47. The number of fused-ring (bicyclic) bond motifs is 2. The van der Waals surface area contributed by atoms with Crippen LogP contribution in [0.3, 0.4) is 0 Å². The van der Waals surface area contributed by atoms with E-state index in [1.165, 1.54) is 0 Å². The van der Waals surface area contributed by atoms with Gasteiger partial charge in [0.1, 0.15) is 18.0 Å². The van der Waals surface area contributed by atoms with Gasteiger partial charge in [-0.15, -0.1) is 0 Å². The van der Waals surface area contributed by atoms with Crippen LogP contribution in [0, 0.1) is 6.92 Å². The summed E-state index contributed by atoms with van der Waals surface area (Å²) in [5.41, 5.74) is 2.95. The third-order valence-corrected chi connectivity index (χ3v) is 17.8. The lowest BCUT2D eigenvalue weighted by Gasteiger charge is -2.39. The number of hydrogen-bond acceptors (Lipinski definition) is 5. The minimum Gasteiger partial charge on any atom is -0.472 e. The number of hydrogen-bond donors (Lipinski definition) is 0. The van der Waals surface area contributed by atoms with Crippen LogP contribution in [0.4, 0.5) is 0 Å². The van der Waals surface area contributed by atoms with Crippen molar-refractivity contribution in [2.45, 2.75) is 102 Å². The highest BCUT2D eigenvalue weighted by molar-refractivity contribution is 7.58. The molecule has 0 aromatic carbocycles. The molecule has 214 valence electrons. The number of halogens is 2. The van der Waals surface area contributed by atoms with E-state index in [-0.39, 0.29) is 31.3 Å². The van der Waals surface area contributed by atoms with Gasteiger partial charge in [-0.05, 0) is 50.0 Å². The maximum atomic E-state index is 6.87. The second kappa shape index (κ2) is 11.2. The Balaban J connectivity index is 1.59. The largest absolute Gasteiger partial charge is 0.472 e. The summed E-state index contributed by atoms with van der Waals surface area (Å²) in [6, 6.07) is 2.97. The third-order valence-electron chi connectivity index (χ3n) is 8.37. The fourth-order valence-electron chi connectivity index (χ4n) is 5.06. The fraction of sp³-hybridized carbons (Fsp3) is 0.741. The van der Waals surface area contributed by atoms with Gasteiger partial charge in [-0.1, -0.05) is 71.5 Å². The van der Waals surface area contributed by atoms with E-state index in [1.54, 1.807) is 0 Å². The molecule has 11 heteroatoms. The zero-order valence-corrected chi connectivity index (χ0v) is 29.1. The van der Waals surface area contributed by atoms with Crippen LogP contribution in [-0.2, 0) is 20.6 Å². The van der Waals surface area contributed by atoms with Crippen molar-refractivity contribution >= 4 is 58.5 Å².